The Kier molecular flexibility index (Phi) is 4.50. The summed E-state index contributed by atoms with van der Waals surface area (Å²) in [6, 6.07) is 21.1. The molecule has 0 unspecified atom stereocenters. The monoisotopic (exact) mass is 381 g/mol. The van der Waals surface area contributed by atoms with E-state index in [0.717, 1.165) is 23.2 Å². The lowest BCUT2D eigenvalue weighted by Crippen LogP contribution is -2.03. The van der Waals surface area contributed by atoms with E-state index in [4.69, 9.17) is 0 Å². The largest absolute Gasteiger partial charge is 0.341 e. The fourth-order valence-electron chi connectivity index (χ4n) is 5.10. The van der Waals surface area contributed by atoms with Gasteiger partial charge in [0.15, 0.2) is 5.78 Å². The van der Waals surface area contributed by atoms with Crippen LogP contribution >= 0.6 is 0 Å². The molecule has 2 heteroatoms. The van der Waals surface area contributed by atoms with Gasteiger partial charge in [-0.25, -0.2) is 0 Å². The third kappa shape index (κ3) is 2.98. The predicted octanol–water partition coefficient (Wildman–Crippen LogP) is 7.01. The molecule has 0 bridgehead atoms. The van der Waals surface area contributed by atoms with Gasteiger partial charge in [0.1, 0.15) is 0 Å². The molecule has 0 radical (unpaired) electrons. The first-order valence-electron chi connectivity index (χ1n) is 10.8. The van der Waals surface area contributed by atoms with E-state index in [-0.39, 0.29) is 5.78 Å². The molecule has 5 rings (SSSR count). The van der Waals surface area contributed by atoms with Crippen LogP contribution in [0, 0.1) is 6.92 Å². The Morgan fingerprint density at radius 1 is 0.931 bits per heavy atom. The summed E-state index contributed by atoms with van der Waals surface area (Å²) in [6.07, 6.45) is 5.28. The molecule has 2 nitrogen and oxygen atoms in total. The number of nitrogens with zero attached hydrogens (tertiary/aromatic N) is 1. The lowest BCUT2D eigenvalue weighted by Gasteiger charge is -2.10. The van der Waals surface area contributed by atoms with Crippen LogP contribution in [0.5, 0.6) is 0 Å². The summed E-state index contributed by atoms with van der Waals surface area (Å²) in [7, 11) is 0. The molecule has 29 heavy (non-hydrogen) atoms. The van der Waals surface area contributed by atoms with E-state index < -0.39 is 0 Å². The molecule has 0 N–H and O–H groups in total. The lowest BCUT2D eigenvalue weighted by molar-refractivity contribution is 0.103. The van der Waals surface area contributed by atoms with E-state index in [9.17, 15) is 4.79 Å². The fraction of sp³-hybridized carbons (Fsp3) is 0.296. The van der Waals surface area contributed by atoms with Crippen LogP contribution in [0.25, 0.3) is 21.8 Å². The minimum atomic E-state index is 0.106. The van der Waals surface area contributed by atoms with Crippen molar-refractivity contribution in [2.45, 2.75) is 52.0 Å². The van der Waals surface area contributed by atoms with Gasteiger partial charge in [-0.15, -0.1) is 0 Å². The lowest BCUT2D eigenvalue weighted by atomic mass is 9.95. The Bertz CT molecular complexity index is 1220. The summed E-state index contributed by atoms with van der Waals surface area (Å²) in [5.41, 5.74) is 6.53. The highest BCUT2D eigenvalue weighted by Crippen LogP contribution is 2.38. The molecule has 1 aliphatic rings. The van der Waals surface area contributed by atoms with Gasteiger partial charge >= 0.3 is 0 Å². The number of hydrogen-bond acceptors (Lipinski definition) is 1. The average molecular weight is 382 g/mol. The molecule has 0 amide bonds. The van der Waals surface area contributed by atoms with E-state index in [1.54, 1.807) is 0 Å². The number of aryl methyl sites for hydroxylation is 2. The van der Waals surface area contributed by atoms with Crippen molar-refractivity contribution in [2.24, 2.45) is 0 Å². The Balaban J connectivity index is 1.69. The second-order valence-corrected chi connectivity index (χ2v) is 8.38. The minimum Gasteiger partial charge on any atom is -0.341 e. The summed E-state index contributed by atoms with van der Waals surface area (Å²) in [5, 5.41) is 2.48. The Morgan fingerprint density at radius 3 is 2.34 bits per heavy atom. The summed E-state index contributed by atoms with van der Waals surface area (Å²) >= 11 is 0. The smallest absolute Gasteiger partial charge is 0.193 e. The van der Waals surface area contributed by atoms with Crippen molar-refractivity contribution in [3.63, 3.8) is 0 Å². The van der Waals surface area contributed by atoms with Crippen LogP contribution in [0.2, 0.25) is 0 Å². The average Bonchev–Trinajstić information content (AvgIpc) is 3.39. The number of carbonyl (C=O) groups excluding carboxylic acids is 1. The first-order chi connectivity index (χ1) is 14.2. The molecule has 3 aromatic carbocycles. The zero-order valence-electron chi connectivity index (χ0n) is 17.2. The van der Waals surface area contributed by atoms with Crippen molar-refractivity contribution in [1.82, 2.24) is 4.57 Å². The molecule has 0 aliphatic heterocycles. The van der Waals surface area contributed by atoms with Crippen LogP contribution in [0.1, 0.15) is 65.6 Å². The first-order valence-corrected chi connectivity index (χ1v) is 10.8. The molecule has 0 spiro atoms. The number of benzene rings is 3. The highest BCUT2D eigenvalue weighted by molar-refractivity contribution is 6.15. The molecule has 0 saturated heterocycles. The minimum absolute atomic E-state index is 0.106. The van der Waals surface area contributed by atoms with Gasteiger partial charge in [0.2, 0.25) is 0 Å². The molecule has 0 atom stereocenters. The Labute approximate surface area is 172 Å². The highest BCUT2D eigenvalue weighted by atomic mass is 16.1. The number of ketones is 1. The van der Waals surface area contributed by atoms with Gasteiger partial charge in [0.05, 0.1) is 0 Å². The van der Waals surface area contributed by atoms with Crippen LogP contribution in [0.3, 0.4) is 0 Å². The van der Waals surface area contributed by atoms with Crippen molar-refractivity contribution in [3.8, 4) is 0 Å². The van der Waals surface area contributed by atoms with Crippen LogP contribution < -0.4 is 0 Å². The standard InChI is InChI=1S/C27H27NO/c1-3-28-25-14-12-20(19-9-5-6-10-19)16-23(25)24-17-21(13-15-26(24)28)27(29)22-11-7-4-8-18(22)2/h4,7-8,11-17,19H,3,5-6,9-10H2,1-2H3. The quantitative estimate of drug-likeness (QED) is 0.348. The van der Waals surface area contributed by atoms with Crippen LogP contribution in [0.15, 0.2) is 60.7 Å². The van der Waals surface area contributed by atoms with E-state index in [1.807, 2.05) is 37.3 Å². The van der Waals surface area contributed by atoms with E-state index in [2.05, 4.69) is 41.8 Å². The molecular formula is C27H27NO. The molecule has 1 aliphatic carbocycles. The highest BCUT2D eigenvalue weighted by Gasteiger charge is 2.20. The topological polar surface area (TPSA) is 22.0 Å². The second-order valence-electron chi connectivity index (χ2n) is 8.38. The maximum Gasteiger partial charge on any atom is 0.193 e. The Morgan fingerprint density at radius 2 is 1.62 bits per heavy atom. The van der Waals surface area contributed by atoms with Gasteiger partial charge in [-0.2, -0.15) is 0 Å². The van der Waals surface area contributed by atoms with Crippen molar-refractivity contribution >= 4 is 27.6 Å². The molecule has 4 aromatic rings. The van der Waals surface area contributed by atoms with Gasteiger partial charge in [-0.05, 0) is 74.1 Å². The zero-order valence-corrected chi connectivity index (χ0v) is 17.2. The van der Waals surface area contributed by atoms with Crippen molar-refractivity contribution < 1.29 is 4.79 Å². The molecule has 1 saturated carbocycles. The number of hydrogen-bond donors (Lipinski definition) is 0. The Hall–Kier alpha value is -2.87. The van der Waals surface area contributed by atoms with Crippen LogP contribution in [-0.4, -0.2) is 10.4 Å². The number of fused-ring (bicyclic) bond motifs is 3. The fourth-order valence-corrected chi connectivity index (χ4v) is 5.10. The molecule has 1 aromatic heterocycles. The van der Waals surface area contributed by atoms with Gasteiger partial charge in [0.25, 0.3) is 0 Å². The number of rotatable bonds is 4. The SMILES string of the molecule is CCn1c2ccc(C(=O)c3ccccc3C)cc2c2cc(C3CCCC3)ccc21. The van der Waals surface area contributed by atoms with Crippen molar-refractivity contribution in [1.29, 1.82) is 0 Å². The maximum atomic E-state index is 13.2. The summed E-state index contributed by atoms with van der Waals surface area (Å²) in [6.45, 7) is 5.12. The third-order valence-corrected chi connectivity index (χ3v) is 6.68. The summed E-state index contributed by atoms with van der Waals surface area (Å²) in [5.74, 6) is 0.797. The van der Waals surface area contributed by atoms with Crippen LogP contribution in [-0.2, 0) is 6.54 Å². The summed E-state index contributed by atoms with van der Waals surface area (Å²) < 4.78 is 2.37. The van der Waals surface area contributed by atoms with Gasteiger partial charge < -0.3 is 4.57 Å². The second kappa shape index (κ2) is 7.18. The van der Waals surface area contributed by atoms with E-state index in [0.29, 0.717) is 5.92 Å². The van der Waals surface area contributed by atoms with Crippen LogP contribution in [0.4, 0.5) is 0 Å². The number of aromatic nitrogens is 1. The molecular weight excluding hydrogens is 354 g/mol. The van der Waals surface area contributed by atoms with Crippen molar-refractivity contribution in [3.05, 3.63) is 82.9 Å². The van der Waals surface area contributed by atoms with E-state index in [1.165, 1.54) is 53.1 Å². The first kappa shape index (κ1) is 18.2. The normalized spacial score (nSPS) is 14.8. The number of carbonyl (C=O) groups is 1. The molecule has 146 valence electrons. The molecule has 1 heterocycles. The van der Waals surface area contributed by atoms with Gasteiger partial charge in [-0.1, -0.05) is 43.2 Å². The maximum absolute atomic E-state index is 13.2. The zero-order chi connectivity index (χ0) is 20.0. The third-order valence-electron chi connectivity index (χ3n) is 6.68. The molecule has 1 fully saturated rings. The van der Waals surface area contributed by atoms with Gasteiger partial charge in [0, 0.05) is 39.5 Å². The van der Waals surface area contributed by atoms with Crippen molar-refractivity contribution in [2.75, 3.05) is 0 Å². The van der Waals surface area contributed by atoms with Gasteiger partial charge in [-0.3, -0.25) is 4.79 Å². The predicted molar refractivity (Wildman–Crippen MR) is 121 cm³/mol. The summed E-state index contributed by atoms with van der Waals surface area (Å²) in [4.78, 5) is 13.2. The van der Waals surface area contributed by atoms with E-state index >= 15 is 0 Å².